The number of rotatable bonds is 16. The Morgan fingerprint density at radius 1 is 0.625 bits per heavy atom. The van der Waals surface area contributed by atoms with Crippen molar-refractivity contribution in [2.45, 2.75) is 110 Å². The Bertz CT molecular complexity index is 259. The lowest BCUT2D eigenvalue weighted by Crippen LogP contribution is -1.88. The van der Waals surface area contributed by atoms with Gasteiger partial charge in [-0.2, -0.15) is 0 Å². The highest BCUT2D eigenvalue weighted by molar-refractivity contribution is 7.51. The van der Waals surface area contributed by atoms with E-state index in [9.17, 15) is 4.57 Å². The van der Waals surface area contributed by atoms with Gasteiger partial charge in [0.25, 0.3) is 0 Å². The minimum atomic E-state index is -3.73. The third-order valence-corrected chi connectivity index (χ3v) is 5.42. The third-order valence-electron chi connectivity index (χ3n) is 4.11. The molecule has 1 atom stereocenters. The smallest absolute Gasteiger partial charge is 0.324 e. The van der Waals surface area contributed by atoms with Gasteiger partial charge in [-0.15, -0.1) is 9.24 Å². The van der Waals surface area contributed by atoms with E-state index >= 15 is 0 Å². The monoisotopic (exact) mass is 382 g/mol. The fourth-order valence-electron chi connectivity index (χ4n) is 2.55. The van der Waals surface area contributed by atoms with Crippen molar-refractivity contribution in [1.29, 1.82) is 0 Å². The van der Waals surface area contributed by atoms with Crippen molar-refractivity contribution in [3.63, 3.8) is 0 Å². The topological polar surface area (TPSA) is 57.5 Å². The first-order valence-corrected chi connectivity index (χ1v) is 12.8. The van der Waals surface area contributed by atoms with E-state index in [0.717, 1.165) is 12.8 Å². The van der Waals surface area contributed by atoms with E-state index < -0.39 is 7.60 Å². The minimum absolute atomic E-state index is 0.0575. The fourth-order valence-corrected chi connectivity index (χ4v) is 3.48. The number of hydrogen-bond donors (Lipinski definition) is 2. The van der Waals surface area contributed by atoms with Crippen LogP contribution in [0.5, 0.6) is 0 Å². The molecule has 0 bridgehead atoms. The highest BCUT2D eigenvalue weighted by Crippen LogP contribution is 2.35. The summed E-state index contributed by atoms with van der Waals surface area (Å²) in [6.07, 6.45) is 20.4. The van der Waals surface area contributed by atoms with Crippen molar-refractivity contribution in [3.05, 3.63) is 0 Å². The van der Waals surface area contributed by atoms with Crippen LogP contribution in [0.4, 0.5) is 0 Å². The highest BCUT2D eigenvalue weighted by atomic mass is 31.2. The van der Waals surface area contributed by atoms with Crippen LogP contribution >= 0.6 is 16.8 Å². The van der Waals surface area contributed by atoms with Crippen molar-refractivity contribution in [3.8, 4) is 0 Å². The molecule has 0 radical (unpaired) electrons. The molecule has 0 aliphatic heterocycles. The van der Waals surface area contributed by atoms with Gasteiger partial charge in [-0.1, -0.05) is 97.3 Å². The molecule has 0 saturated heterocycles. The molecular weight excluding hydrogens is 338 g/mol. The van der Waals surface area contributed by atoms with E-state index in [4.69, 9.17) is 9.79 Å². The summed E-state index contributed by atoms with van der Waals surface area (Å²) in [4.78, 5) is 17.2. The Labute approximate surface area is 154 Å². The quantitative estimate of drug-likeness (QED) is 0.225. The van der Waals surface area contributed by atoms with Gasteiger partial charge in [0.1, 0.15) is 0 Å². The van der Waals surface area contributed by atoms with Crippen molar-refractivity contribution in [2.75, 3.05) is 12.3 Å². The second kappa shape index (κ2) is 21.6. The standard InChI is InChI=1S/C10H23O3P.C9H21P/c1-2-3-4-5-6-7-8-9-10-14(11,12)13;1-2-3-4-5-6-7-8-9-10/h2-10H2,1H3,(H2,11,12,13);2-10H2,1H3. The van der Waals surface area contributed by atoms with Crippen LogP contribution in [0.1, 0.15) is 110 Å². The Hall–Kier alpha value is 0.580. The minimum Gasteiger partial charge on any atom is -0.324 e. The zero-order valence-electron chi connectivity index (χ0n) is 16.3. The predicted molar refractivity (Wildman–Crippen MR) is 112 cm³/mol. The maximum atomic E-state index is 10.5. The van der Waals surface area contributed by atoms with Gasteiger partial charge in [-0.3, -0.25) is 4.57 Å². The molecule has 0 aliphatic carbocycles. The molecule has 5 heteroatoms. The van der Waals surface area contributed by atoms with Crippen LogP contribution in [0.15, 0.2) is 0 Å². The van der Waals surface area contributed by atoms with E-state index in [1.165, 1.54) is 83.2 Å². The first-order chi connectivity index (χ1) is 11.5. The van der Waals surface area contributed by atoms with Gasteiger partial charge < -0.3 is 9.79 Å². The largest absolute Gasteiger partial charge is 0.325 e. The summed E-state index contributed by atoms with van der Waals surface area (Å²) < 4.78 is 10.5. The second-order valence-corrected chi connectivity index (χ2v) is 9.13. The average molecular weight is 383 g/mol. The first kappa shape index (κ1) is 26.8. The zero-order valence-corrected chi connectivity index (χ0v) is 18.4. The molecule has 0 aromatic carbocycles. The molecule has 0 amide bonds. The lowest BCUT2D eigenvalue weighted by Gasteiger charge is -2.03. The first-order valence-electron chi connectivity index (χ1n) is 10.2. The molecule has 24 heavy (non-hydrogen) atoms. The predicted octanol–water partition coefficient (Wildman–Crippen LogP) is 6.92. The summed E-state index contributed by atoms with van der Waals surface area (Å²) in [6, 6.07) is 0. The van der Waals surface area contributed by atoms with Crippen molar-refractivity contribution >= 4 is 16.8 Å². The summed E-state index contributed by atoms with van der Waals surface area (Å²) in [5.74, 6) is 0. The molecule has 0 rings (SSSR count). The van der Waals surface area contributed by atoms with Crippen LogP contribution < -0.4 is 0 Å². The molecule has 0 aliphatic rings. The second-order valence-electron chi connectivity index (χ2n) is 6.77. The van der Waals surface area contributed by atoms with Gasteiger partial charge in [-0.25, -0.2) is 0 Å². The molecular formula is C19H44O3P2. The van der Waals surface area contributed by atoms with E-state index in [2.05, 4.69) is 23.1 Å². The Kier molecular flexibility index (Phi) is 24.1. The summed E-state index contributed by atoms with van der Waals surface area (Å²) >= 11 is 0. The highest BCUT2D eigenvalue weighted by Gasteiger charge is 2.10. The SMILES string of the molecule is CCCCCCCCCCP(=O)(O)O.CCCCCCCCCP. The van der Waals surface area contributed by atoms with E-state index in [1.54, 1.807) is 0 Å². The summed E-state index contributed by atoms with van der Waals surface area (Å²) in [6.45, 7) is 4.46. The third kappa shape index (κ3) is 30.5. The Morgan fingerprint density at radius 2 is 0.958 bits per heavy atom. The maximum Gasteiger partial charge on any atom is 0.325 e. The molecule has 0 aromatic heterocycles. The zero-order chi connectivity index (χ0) is 18.5. The van der Waals surface area contributed by atoms with E-state index in [-0.39, 0.29) is 6.16 Å². The molecule has 0 fully saturated rings. The van der Waals surface area contributed by atoms with Crippen molar-refractivity contribution in [2.24, 2.45) is 0 Å². The summed E-state index contributed by atoms with van der Waals surface area (Å²) in [5.41, 5.74) is 0. The van der Waals surface area contributed by atoms with Crippen LogP contribution in [0.25, 0.3) is 0 Å². The molecule has 0 aromatic rings. The summed E-state index contributed by atoms with van der Waals surface area (Å²) in [7, 11) is -0.945. The maximum absolute atomic E-state index is 10.5. The van der Waals surface area contributed by atoms with Crippen LogP contribution in [0, 0.1) is 0 Å². The number of hydrogen-bond acceptors (Lipinski definition) is 1. The van der Waals surface area contributed by atoms with Gasteiger partial charge in [0.15, 0.2) is 0 Å². The number of unbranched alkanes of at least 4 members (excludes halogenated alkanes) is 13. The molecule has 2 N–H and O–H groups in total. The van der Waals surface area contributed by atoms with Crippen LogP contribution in [-0.4, -0.2) is 22.1 Å². The van der Waals surface area contributed by atoms with E-state index in [0.29, 0.717) is 6.42 Å². The van der Waals surface area contributed by atoms with Crippen LogP contribution in [0.3, 0.4) is 0 Å². The van der Waals surface area contributed by atoms with Gasteiger partial charge >= 0.3 is 7.60 Å². The average Bonchev–Trinajstić information content (AvgIpc) is 2.53. The fraction of sp³-hybridized carbons (Fsp3) is 1.00. The lowest BCUT2D eigenvalue weighted by molar-refractivity contribution is 0.370. The summed E-state index contributed by atoms with van der Waals surface area (Å²) in [5, 5.41) is 0. The van der Waals surface area contributed by atoms with Gasteiger partial charge in [0, 0.05) is 6.16 Å². The molecule has 1 unspecified atom stereocenters. The molecule has 0 saturated carbocycles. The Balaban J connectivity index is 0. The van der Waals surface area contributed by atoms with E-state index in [1.807, 2.05) is 0 Å². The van der Waals surface area contributed by atoms with Gasteiger partial charge in [0.2, 0.25) is 0 Å². The van der Waals surface area contributed by atoms with Crippen molar-refractivity contribution in [1.82, 2.24) is 0 Å². The van der Waals surface area contributed by atoms with Crippen LogP contribution in [0.2, 0.25) is 0 Å². The molecule has 0 spiro atoms. The van der Waals surface area contributed by atoms with Gasteiger partial charge in [-0.05, 0) is 19.0 Å². The van der Waals surface area contributed by atoms with Crippen molar-refractivity contribution < 1.29 is 14.4 Å². The Morgan fingerprint density at radius 3 is 1.29 bits per heavy atom. The van der Waals surface area contributed by atoms with Gasteiger partial charge in [0.05, 0.1) is 0 Å². The molecule has 0 heterocycles. The normalized spacial score (nSPS) is 11.2. The van der Waals surface area contributed by atoms with Crippen LogP contribution in [-0.2, 0) is 4.57 Å². The lowest BCUT2D eigenvalue weighted by atomic mass is 10.1. The molecule has 3 nitrogen and oxygen atoms in total. The molecule has 148 valence electrons.